The summed E-state index contributed by atoms with van der Waals surface area (Å²) in [4.78, 5) is 0. The van der Waals surface area contributed by atoms with E-state index < -0.39 is 0 Å². The van der Waals surface area contributed by atoms with E-state index >= 15 is 0 Å². The predicted molar refractivity (Wildman–Crippen MR) is 80.3 cm³/mol. The van der Waals surface area contributed by atoms with E-state index in [9.17, 15) is 5.11 Å². The van der Waals surface area contributed by atoms with Crippen LogP contribution in [0.25, 0.3) is 0 Å². The lowest BCUT2D eigenvalue weighted by Crippen LogP contribution is -2.29. The van der Waals surface area contributed by atoms with Gasteiger partial charge in [0.05, 0.1) is 6.10 Å². The van der Waals surface area contributed by atoms with Gasteiger partial charge in [-0.3, -0.25) is 0 Å². The van der Waals surface area contributed by atoms with Gasteiger partial charge in [-0.05, 0) is 61.3 Å². The number of rotatable bonds is 4. The first kappa shape index (κ1) is 12.8. The number of aryl methyl sites for hydroxylation is 1. The molecule has 3 aliphatic carbocycles. The minimum absolute atomic E-state index is 0.116. The van der Waals surface area contributed by atoms with Crippen LogP contribution in [-0.4, -0.2) is 17.8 Å². The van der Waals surface area contributed by atoms with Crippen LogP contribution in [0.5, 0.6) is 0 Å². The third-order valence-corrected chi connectivity index (χ3v) is 6.33. The van der Waals surface area contributed by atoms with Crippen molar-refractivity contribution in [3.05, 3.63) is 35.4 Å². The highest BCUT2D eigenvalue weighted by molar-refractivity contribution is 5.28. The summed E-state index contributed by atoms with van der Waals surface area (Å²) in [5, 5.41) is 10.9. The largest absolute Gasteiger partial charge is 0.392 e. The molecule has 2 bridgehead atoms. The molecule has 6 atom stereocenters. The number of nitrogens with two attached hydrogens (primary N) is 1. The third-order valence-electron chi connectivity index (χ3n) is 6.33. The van der Waals surface area contributed by atoms with E-state index in [1.54, 1.807) is 0 Å². The van der Waals surface area contributed by atoms with Crippen molar-refractivity contribution in [3.8, 4) is 0 Å². The standard InChI is InChI=1S/C18H25NO/c1-10-3-2-4-11(7-10)14(9-19)18(20)17-15-12-5-6-13(8-12)16(15)17/h2-4,7,12-18,20H,5-6,8-9,19H2,1H3. The van der Waals surface area contributed by atoms with Crippen molar-refractivity contribution in [1.82, 2.24) is 0 Å². The summed E-state index contributed by atoms with van der Waals surface area (Å²) < 4.78 is 0. The van der Waals surface area contributed by atoms with Crippen LogP contribution in [0.15, 0.2) is 24.3 Å². The Bertz CT molecular complexity index is 498. The normalized spacial score (nSPS) is 40.5. The van der Waals surface area contributed by atoms with Crippen molar-refractivity contribution in [1.29, 1.82) is 0 Å². The second kappa shape index (κ2) is 4.57. The molecule has 20 heavy (non-hydrogen) atoms. The molecule has 0 spiro atoms. The Morgan fingerprint density at radius 1 is 1.25 bits per heavy atom. The van der Waals surface area contributed by atoms with Crippen LogP contribution in [0.2, 0.25) is 0 Å². The predicted octanol–water partition coefficient (Wildman–Crippen LogP) is 2.69. The average Bonchev–Trinajstić information content (AvgIpc) is 2.88. The topological polar surface area (TPSA) is 46.2 Å². The fraction of sp³-hybridized carbons (Fsp3) is 0.667. The summed E-state index contributed by atoms with van der Waals surface area (Å²) in [7, 11) is 0. The molecule has 2 heteroatoms. The van der Waals surface area contributed by atoms with Gasteiger partial charge < -0.3 is 10.8 Å². The molecule has 1 aromatic rings. The minimum Gasteiger partial charge on any atom is -0.392 e. The number of hydrogen-bond acceptors (Lipinski definition) is 2. The monoisotopic (exact) mass is 271 g/mol. The third kappa shape index (κ3) is 1.78. The second-order valence-electron chi connectivity index (χ2n) is 7.31. The van der Waals surface area contributed by atoms with Crippen molar-refractivity contribution in [3.63, 3.8) is 0 Å². The van der Waals surface area contributed by atoms with Crippen LogP contribution in [0.3, 0.4) is 0 Å². The SMILES string of the molecule is Cc1cccc(C(CN)C(O)C2C3C4CCC(C4)C32)c1. The van der Waals surface area contributed by atoms with E-state index in [0.29, 0.717) is 12.5 Å². The first-order valence-corrected chi connectivity index (χ1v) is 8.15. The zero-order chi connectivity index (χ0) is 13.9. The highest BCUT2D eigenvalue weighted by atomic mass is 16.3. The van der Waals surface area contributed by atoms with E-state index in [2.05, 4.69) is 31.2 Å². The lowest BCUT2D eigenvalue weighted by Gasteiger charge is -2.24. The van der Waals surface area contributed by atoms with Gasteiger partial charge in [-0.1, -0.05) is 29.8 Å². The smallest absolute Gasteiger partial charge is 0.0654 e. The maximum Gasteiger partial charge on any atom is 0.0654 e. The van der Waals surface area contributed by atoms with Gasteiger partial charge in [-0.2, -0.15) is 0 Å². The van der Waals surface area contributed by atoms with Crippen LogP contribution in [0.1, 0.15) is 36.3 Å². The minimum atomic E-state index is -0.236. The first-order valence-electron chi connectivity index (χ1n) is 8.15. The molecule has 3 aliphatic rings. The summed E-state index contributed by atoms with van der Waals surface area (Å²) in [6.07, 6.45) is 4.02. The molecule has 6 unspecified atom stereocenters. The second-order valence-corrected chi connectivity index (χ2v) is 7.31. The Balaban J connectivity index is 1.54. The molecule has 3 fully saturated rings. The van der Waals surface area contributed by atoms with Crippen LogP contribution >= 0.6 is 0 Å². The van der Waals surface area contributed by atoms with E-state index in [1.807, 2.05) is 0 Å². The first-order chi connectivity index (χ1) is 9.70. The fourth-order valence-corrected chi connectivity index (χ4v) is 5.49. The molecule has 4 rings (SSSR count). The van der Waals surface area contributed by atoms with Crippen LogP contribution in [0, 0.1) is 36.5 Å². The molecule has 1 aromatic carbocycles. The number of hydrogen-bond donors (Lipinski definition) is 2. The fourth-order valence-electron chi connectivity index (χ4n) is 5.49. The molecule has 0 radical (unpaired) electrons. The molecule has 108 valence electrons. The number of benzene rings is 1. The number of aliphatic hydroxyl groups excluding tert-OH is 1. The van der Waals surface area contributed by atoms with Crippen molar-refractivity contribution in [2.24, 2.45) is 35.3 Å². The van der Waals surface area contributed by atoms with Crippen molar-refractivity contribution < 1.29 is 5.11 Å². The van der Waals surface area contributed by atoms with E-state index in [-0.39, 0.29) is 12.0 Å². The molecule has 3 N–H and O–H groups in total. The highest BCUT2D eigenvalue weighted by Gasteiger charge is 2.67. The molecule has 0 saturated heterocycles. The van der Waals surface area contributed by atoms with Gasteiger partial charge in [0, 0.05) is 12.5 Å². The quantitative estimate of drug-likeness (QED) is 0.884. The van der Waals surface area contributed by atoms with E-state index in [4.69, 9.17) is 5.73 Å². The Hall–Kier alpha value is -0.860. The molecule has 0 amide bonds. The average molecular weight is 271 g/mol. The number of fused-ring (bicyclic) bond motifs is 5. The van der Waals surface area contributed by atoms with Gasteiger partial charge in [0.15, 0.2) is 0 Å². The van der Waals surface area contributed by atoms with E-state index in [0.717, 1.165) is 23.7 Å². The van der Waals surface area contributed by atoms with Crippen LogP contribution in [-0.2, 0) is 0 Å². The van der Waals surface area contributed by atoms with Crippen molar-refractivity contribution in [2.75, 3.05) is 6.54 Å². The lowest BCUT2D eigenvalue weighted by atomic mass is 9.86. The summed E-state index contributed by atoms with van der Waals surface area (Å²) in [5.74, 6) is 4.13. The Labute approximate surface area is 121 Å². The highest BCUT2D eigenvalue weighted by Crippen LogP contribution is 2.71. The molecule has 0 aromatic heterocycles. The molecular weight excluding hydrogens is 246 g/mol. The Morgan fingerprint density at radius 3 is 2.55 bits per heavy atom. The zero-order valence-electron chi connectivity index (χ0n) is 12.2. The van der Waals surface area contributed by atoms with Crippen molar-refractivity contribution >= 4 is 0 Å². The molecule has 2 nitrogen and oxygen atoms in total. The lowest BCUT2D eigenvalue weighted by molar-refractivity contribution is 0.102. The van der Waals surface area contributed by atoms with Gasteiger partial charge in [-0.25, -0.2) is 0 Å². The molecule has 3 saturated carbocycles. The van der Waals surface area contributed by atoms with E-state index in [1.165, 1.54) is 30.4 Å². The van der Waals surface area contributed by atoms with Gasteiger partial charge in [-0.15, -0.1) is 0 Å². The van der Waals surface area contributed by atoms with Gasteiger partial charge >= 0.3 is 0 Å². The Morgan fingerprint density at radius 2 is 1.95 bits per heavy atom. The van der Waals surface area contributed by atoms with Crippen LogP contribution in [0.4, 0.5) is 0 Å². The maximum atomic E-state index is 10.9. The van der Waals surface area contributed by atoms with Crippen LogP contribution < -0.4 is 5.73 Å². The molecular formula is C18H25NO. The van der Waals surface area contributed by atoms with Gasteiger partial charge in [0.1, 0.15) is 0 Å². The summed E-state index contributed by atoms with van der Waals surface area (Å²) in [5.41, 5.74) is 8.47. The summed E-state index contributed by atoms with van der Waals surface area (Å²) in [6, 6.07) is 8.50. The molecule has 0 heterocycles. The molecule has 0 aliphatic heterocycles. The summed E-state index contributed by atoms with van der Waals surface area (Å²) in [6.45, 7) is 2.66. The zero-order valence-corrected chi connectivity index (χ0v) is 12.2. The summed E-state index contributed by atoms with van der Waals surface area (Å²) >= 11 is 0. The maximum absolute atomic E-state index is 10.9. The Kier molecular flexibility index (Phi) is 2.94. The van der Waals surface area contributed by atoms with Gasteiger partial charge in [0.2, 0.25) is 0 Å². The number of aliphatic hydroxyl groups is 1. The van der Waals surface area contributed by atoms with Gasteiger partial charge in [0.25, 0.3) is 0 Å². The van der Waals surface area contributed by atoms with Crippen molar-refractivity contribution in [2.45, 2.75) is 38.2 Å².